The quantitative estimate of drug-likeness (QED) is 0.731. The second-order valence-electron chi connectivity index (χ2n) is 6.19. The van der Waals surface area contributed by atoms with Crippen LogP contribution in [0.15, 0.2) is 18.2 Å². The topological polar surface area (TPSA) is 105 Å². The lowest BCUT2D eigenvalue weighted by Crippen LogP contribution is -2.43. The number of benzene rings is 1. The average Bonchev–Trinajstić information content (AvgIpc) is 2.93. The molecule has 2 amide bonds. The SMILES string of the molecule is CCN(C(=O)CNc1cc(NC(C)=O)ccc1OC)C1CCS(=O)(=O)C1. The van der Waals surface area contributed by atoms with E-state index >= 15 is 0 Å². The number of hydrogen-bond acceptors (Lipinski definition) is 6. The molecule has 1 saturated heterocycles. The summed E-state index contributed by atoms with van der Waals surface area (Å²) in [5.74, 6) is 0.312. The Hall–Kier alpha value is -2.29. The normalized spacial score (nSPS) is 18.2. The lowest BCUT2D eigenvalue weighted by molar-refractivity contribution is -0.130. The van der Waals surface area contributed by atoms with E-state index in [1.54, 1.807) is 23.1 Å². The van der Waals surface area contributed by atoms with E-state index in [0.29, 0.717) is 30.1 Å². The lowest BCUT2D eigenvalue weighted by Gasteiger charge is -2.27. The minimum atomic E-state index is -3.05. The third-order valence-corrected chi connectivity index (χ3v) is 6.01. The molecule has 2 N–H and O–H groups in total. The Labute approximate surface area is 153 Å². The van der Waals surface area contributed by atoms with Gasteiger partial charge in [0, 0.05) is 25.2 Å². The summed E-state index contributed by atoms with van der Waals surface area (Å²) in [5, 5.41) is 5.69. The summed E-state index contributed by atoms with van der Waals surface area (Å²) >= 11 is 0. The van der Waals surface area contributed by atoms with Crippen LogP contribution >= 0.6 is 0 Å². The third-order valence-electron chi connectivity index (χ3n) is 4.26. The molecule has 0 spiro atoms. The van der Waals surface area contributed by atoms with Crippen LogP contribution in [0.5, 0.6) is 5.75 Å². The van der Waals surface area contributed by atoms with E-state index < -0.39 is 9.84 Å². The van der Waals surface area contributed by atoms with Crippen molar-refractivity contribution >= 4 is 33.0 Å². The smallest absolute Gasteiger partial charge is 0.242 e. The number of amides is 2. The molecule has 0 aliphatic carbocycles. The van der Waals surface area contributed by atoms with E-state index in [1.165, 1.54) is 14.0 Å². The summed E-state index contributed by atoms with van der Waals surface area (Å²) in [6.07, 6.45) is 0.475. The first-order chi connectivity index (χ1) is 12.3. The highest BCUT2D eigenvalue weighted by atomic mass is 32.2. The van der Waals surface area contributed by atoms with Crippen molar-refractivity contribution in [2.24, 2.45) is 0 Å². The average molecular weight is 383 g/mol. The standard InChI is InChI=1S/C17H25N3O5S/c1-4-20(14-7-8-26(23,24)11-14)17(22)10-18-15-9-13(19-12(2)21)5-6-16(15)25-3/h5-6,9,14,18H,4,7-8,10-11H2,1-3H3,(H,19,21). The maximum absolute atomic E-state index is 12.6. The molecule has 9 heteroatoms. The van der Waals surface area contributed by atoms with Crippen molar-refractivity contribution in [1.29, 1.82) is 0 Å². The van der Waals surface area contributed by atoms with Crippen LogP contribution in [0.3, 0.4) is 0 Å². The number of carbonyl (C=O) groups is 2. The van der Waals surface area contributed by atoms with Crippen molar-refractivity contribution in [3.05, 3.63) is 18.2 Å². The van der Waals surface area contributed by atoms with Crippen molar-refractivity contribution < 1.29 is 22.7 Å². The molecule has 1 aromatic rings. The van der Waals surface area contributed by atoms with Crippen LogP contribution < -0.4 is 15.4 Å². The number of nitrogens with zero attached hydrogens (tertiary/aromatic N) is 1. The molecule has 26 heavy (non-hydrogen) atoms. The number of carbonyl (C=O) groups excluding carboxylic acids is 2. The van der Waals surface area contributed by atoms with Gasteiger partial charge >= 0.3 is 0 Å². The van der Waals surface area contributed by atoms with E-state index in [2.05, 4.69) is 10.6 Å². The Morgan fingerprint density at radius 3 is 2.62 bits per heavy atom. The summed E-state index contributed by atoms with van der Waals surface area (Å²) in [6.45, 7) is 3.70. The first-order valence-corrected chi connectivity index (χ1v) is 10.3. The number of rotatable bonds is 7. The van der Waals surface area contributed by atoms with Gasteiger partial charge in [-0.1, -0.05) is 0 Å². The number of nitrogens with one attached hydrogen (secondary N) is 2. The Kier molecular flexibility index (Phi) is 6.47. The third kappa shape index (κ3) is 5.10. The number of likely N-dealkylation sites (N-methyl/N-ethyl adjacent to an activating group) is 1. The van der Waals surface area contributed by atoms with Gasteiger partial charge in [0.25, 0.3) is 0 Å². The fourth-order valence-corrected chi connectivity index (χ4v) is 4.79. The Morgan fingerprint density at radius 1 is 1.35 bits per heavy atom. The van der Waals surface area contributed by atoms with Crippen molar-refractivity contribution in [1.82, 2.24) is 4.90 Å². The van der Waals surface area contributed by atoms with E-state index in [1.807, 2.05) is 6.92 Å². The van der Waals surface area contributed by atoms with Crippen LogP contribution in [0.25, 0.3) is 0 Å². The number of hydrogen-bond donors (Lipinski definition) is 2. The van der Waals surface area contributed by atoms with Crippen LogP contribution in [0.4, 0.5) is 11.4 Å². The predicted octanol–water partition coefficient (Wildman–Crippen LogP) is 1.10. The molecule has 1 fully saturated rings. The summed E-state index contributed by atoms with van der Waals surface area (Å²) in [4.78, 5) is 25.4. The van der Waals surface area contributed by atoms with Gasteiger partial charge in [0.15, 0.2) is 9.84 Å². The minimum Gasteiger partial charge on any atom is -0.495 e. The Balaban J connectivity index is 2.06. The van der Waals surface area contributed by atoms with Crippen molar-refractivity contribution in [3.8, 4) is 5.75 Å². The second-order valence-corrected chi connectivity index (χ2v) is 8.42. The maximum Gasteiger partial charge on any atom is 0.242 e. The molecule has 0 radical (unpaired) electrons. The van der Waals surface area contributed by atoms with Gasteiger partial charge in [-0.3, -0.25) is 9.59 Å². The van der Waals surface area contributed by atoms with Gasteiger partial charge < -0.3 is 20.3 Å². The maximum atomic E-state index is 12.6. The molecule has 1 atom stereocenters. The summed E-state index contributed by atoms with van der Waals surface area (Å²) < 4.78 is 28.6. The van der Waals surface area contributed by atoms with Crippen molar-refractivity contribution in [3.63, 3.8) is 0 Å². The van der Waals surface area contributed by atoms with Crippen LogP contribution in [-0.2, 0) is 19.4 Å². The predicted molar refractivity (Wildman–Crippen MR) is 100 cm³/mol. The molecule has 0 aromatic heterocycles. The minimum absolute atomic E-state index is 0.00424. The highest BCUT2D eigenvalue weighted by molar-refractivity contribution is 7.91. The highest BCUT2D eigenvalue weighted by Crippen LogP contribution is 2.28. The van der Waals surface area contributed by atoms with E-state index in [-0.39, 0.29) is 35.9 Å². The molecule has 1 aliphatic rings. The number of anilines is 2. The largest absolute Gasteiger partial charge is 0.495 e. The zero-order chi connectivity index (χ0) is 19.3. The van der Waals surface area contributed by atoms with Gasteiger partial charge in [-0.05, 0) is 31.5 Å². The van der Waals surface area contributed by atoms with E-state index in [4.69, 9.17) is 4.74 Å². The Morgan fingerprint density at radius 2 is 2.08 bits per heavy atom. The molecule has 0 saturated carbocycles. The fourth-order valence-electron chi connectivity index (χ4n) is 3.06. The van der Waals surface area contributed by atoms with Crippen LogP contribution in [-0.4, -0.2) is 62.9 Å². The molecule has 1 aromatic carbocycles. The van der Waals surface area contributed by atoms with Gasteiger partial charge in [-0.25, -0.2) is 8.42 Å². The van der Waals surface area contributed by atoms with Crippen molar-refractivity contribution in [2.45, 2.75) is 26.3 Å². The summed E-state index contributed by atoms with van der Waals surface area (Å²) in [6, 6.07) is 4.81. The molecule has 1 unspecified atom stereocenters. The van der Waals surface area contributed by atoms with Crippen LogP contribution in [0.2, 0.25) is 0 Å². The van der Waals surface area contributed by atoms with Gasteiger partial charge in [0.1, 0.15) is 5.75 Å². The second kappa shape index (κ2) is 8.39. The summed E-state index contributed by atoms with van der Waals surface area (Å²) in [7, 11) is -1.54. The van der Waals surface area contributed by atoms with Gasteiger partial charge in [0.2, 0.25) is 11.8 Å². The molecular weight excluding hydrogens is 358 g/mol. The number of sulfone groups is 1. The molecule has 8 nitrogen and oxygen atoms in total. The van der Waals surface area contributed by atoms with E-state index in [9.17, 15) is 18.0 Å². The lowest BCUT2D eigenvalue weighted by atomic mass is 10.2. The fraction of sp³-hybridized carbons (Fsp3) is 0.529. The Bertz CT molecular complexity index is 779. The zero-order valence-electron chi connectivity index (χ0n) is 15.2. The monoisotopic (exact) mass is 383 g/mol. The molecule has 2 rings (SSSR count). The molecule has 1 heterocycles. The van der Waals surface area contributed by atoms with Crippen LogP contribution in [0.1, 0.15) is 20.3 Å². The zero-order valence-corrected chi connectivity index (χ0v) is 16.1. The molecule has 144 valence electrons. The first-order valence-electron chi connectivity index (χ1n) is 8.45. The number of ether oxygens (including phenoxy) is 1. The van der Waals surface area contributed by atoms with Gasteiger partial charge in [0.05, 0.1) is 30.8 Å². The molecule has 0 bridgehead atoms. The van der Waals surface area contributed by atoms with E-state index in [0.717, 1.165) is 0 Å². The van der Waals surface area contributed by atoms with Gasteiger partial charge in [-0.2, -0.15) is 0 Å². The van der Waals surface area contributed by atoms with Crippen molar-refractivity contribution in [2.75, 3.05) is 42.3 Å². The van der Waals surface area contributed by atoms with Gasteiger partial charge in [-0.15, -0.1) is 0 Å². The number of methoxy groups -OCH3 is 1. The van der Waals surface area contributed by atoms with Crippen LogP contribution in [0, 0.1) is 0 Å². The summed E-state index contributed by atoms with van der Waals surface area (Å²) in [5.41, 5.74) is 1.16. The first kappa shape index (κ1) is 20.0. The highest BCUT2D eigenvalue weighted by Gasteiger charge is 2.33. The molecular formula is C17H25N3O5S. The molecule has 1 aliphatic heterocycles.